The van der Waals surface area contributed by atoms with Crippen LogP contribution in [-0.2, 0) is 4.79 Å². The predicted octanol–water partition coefficient (Wildman–Crippen LogP) is 5.28. The van der Waals surface area contributed by atoms with Gasteiger partial charge in [-0.25, -0.2) is 9.37 Å². The van der Waals surface area contributed by atoms with Crippen LogP contribution in [0, 0.1) is 12.7 Å². The highest BCUT2D eigenvalue weighted by atomic mass is 79.9. The molecule has 1 heterocycles. The summed E-state index contributed by atoms with van der Waals surface area (Å²) in [6.45, 7) is 1.65. The van der Waals surface area contributed by atoms with Gasteiger partial charge in [0.15, 0.2) is 5.76 Å². The molecule has 0 aliphatic heterocycles. The number of halogens is 2. The van der Waals surface area contributed by atoms with Crippen LogP contribution in [0.15, 0.2) is 62.8 Å². The Kier molecular flexibility index (Phi) is 5.55. The monoisotopic (exact) mass is 420 g/mol. The zero-order valence-electron chi connectivity index (χ0n) is 13.3. The summed E-state index contributed by atoms with van der Waals surface area (Å²) in [6.07, 6.45) is 1.63. The maximum atomic E-state index is 13.2. The quantitative estimate of drug-likeness (QED) is 0.570. The SMILES string of the molecule is Cc1cc(NC(=O)CSc2ncc(-c3ccc(Br)cc3)o2)ccc1F. The molecule has 0 unspecified atom stereocenters. The van der Waals surface area contributed by atoms with Gasteiger partial charge in [-0.15, -0.1) is 0 Å². The second-order valence-corrected chi connectivity index (χ2v) is 7.14. The van der Waals surface area contributed by atoms with E-state index in [1.165, 1.54) is 23.9 Å². The van der Waals surface area contributed by atoms with Gasteiger partial charge in [-0.05, 0) is 42.8 Å². The molecule has 3 rings (SSSR count). The normalized spacial score (nSPS) is 10.7. The number of oxazole rings is 1. The Morgan fingerprint density at radius 2 is 2.04 bits per heavy atom. The van der Waals surface area contributed by atoms with E-state index in [0.717, 1.165) is 10.0 Å². The zero-order chi connectivity index (χ0) is 17.8. The highest BCUT2D eigenvalue weighted by Crippen LogP contribution is 2.26. The molecule has 2 aromatic carbocycles. The molecule has 1 amide bonds. The van der Waals surface area contributed by atoms with Crippen molar-refractivity contribution in [2.45, 2.75) is 12.1 Å². The fraction of sp³-hybridized carbons (Fsp3) is 0.111. The van der Waals surface area contributed by atoms with Crippen molar-refractivity contribution in [3.05, 3.63) is 64.5 Å². The van der Waals surface area contributed by atoms with E-state index >= 15 is 0 Å². The average molecular weight is 421 g/mol. The Morgan fingerprint density at radius 3 is 2.76 bits per heavy atom. The summed E-state index contributed by atoms with van der Waals surface area (Å²) in [6, 6.07) is 12.1. The van der Waals surface area contributed by atoms with Crippen LogP contribution in [0.25, 0.3) is 11.3 Å². The van der Waals surface area contributed by atoms with Crippen LogP contribution in [0.2, 0.25) is 0 Å². The van der Waals surface area contributed by atoms with E-state index in [0.29, 0.717) is 22.2 Å². The summed E-state index contributed by atoms with van der Waals surface area (Å²) in [5.41, 5.74) is 1.96. The Labute approximate surface area is 157 Å². The van der Waals surface area contributed by atoms with Crippen LogP contribution < -0.4 is 5.32 Å². The Morgan fingerprint density at radius 1 is 1.28 bits per heavy atom. The molecule has 0 saturated carbocycles. The van der Waals surface area contributed by atoms with Crippen molar-refractivity contribution in [1.29, 1.82) is 0 Å². The van der Waals surface area contributed by atoms with Crippen LogP contribution in [0.4, 0.5) is 10.1 Å². The number of amides is 1. The van der Waals surface area contributed by atoms with Crippen LogP contribution in [-0.4, -0.2) is 16.6 Å². The first kappa shape index (κ1) is 17.7. The number of hydrogen-bond acceptors (Lipinski definition) is 4. The number of carbonyl (C=O) groups is 1. The number of rotatable bonds is 5. The van der Waals surface area contributed by atoms with E-state index in [9.17, 15) is 9.18 Å². The van der Waals surface area contributed by atoms with Crippen molar-refractivity contribution in [1.82, 2.24) is 4.98 Å². The summed E-state index contributed by atoms with van der Waals surface area (Å²) in [4.78, 5) is 16.2. The van der Waals surface area contributed by atoms with E-state index in [2.05, 4.69) is 26.2 Å². The minimum Gasteiger partial charge on any atom is -0.431 e. The van der Waals surface area contributed by atoms with Gasteiger partial charge < -0.3 is 9.73 Å². The first-order valence-corrected chi connectivity index (χ1v) is 9.20. The molecule has 1 aromatic heterocycles. The maximum absolute atomic E-state index is 13.2. The number of aryl methyl sites for hydroxylation is 1. The third kappa shape index (κ3) is 4.70. The van der Waals surface area contributed by atoms with Crippen LogP contribution in [0.3, 0.4) is 0 Å². The summed E-state index contributed by atoms with van der Waals surface area (Å²) in [5, 5.41) is 3.14. The lowest BCUT2D eigenvalue weighted by Crippen LogP contribution is -2.14. The van der Waals surface area contributed by atoms with E-state index in [-0.39, 0.29) is 17.5 Å². The van der Waals surface area contributed by atoms with Gasteiger partial charge in [0.05, 0.1) is 11.9 Å². The number of nitrogens with zero attached hydrogens (tertiary/aromatic N) is 1. The van der Waals surface area contributed by atoms with Crippen molar-refractivity contribution in [3.8, 4) is 11.3 Å². The summed E-state index contributed by atoms with van der Waals surface area (Å²) in [5.74, 6) is 0.285. The molecular weight excluding hydrogens is 407 g/mol. The van der Waals surface area contributed by atoms with Crippen LogP contribution >= 0.6 is 27.7 Å². The largest absolute Gasteiger partial charge is 0.431 e. The first-order chi connectivity index (χ1) is 12.0. The summed E-state index contributed by atoms with van der Waals surface area (Å²) in [7, 11) is 0. The number of hydrogen-bond donors (Lipinski definition) is 1. The number of anilines is 1. The van der Waals surface area contributed by atoms with Crippen molar-refractivity contribution < 1.29 is 13.6 Å². The second-order valence-electron chi connectivity index (χ2n) is 5.30. The molecule has 0 saturated heterocycles. The molecule has 0 radical (unpaired) electrons. The third-order valence-electron chi connectivity index (χ3n) is 3.38. The smallest absolute Gasteiger partial charge is 0.256 e. The number of nitrogens with one attached hydrogen (secondary N) is 1. The lowest BCUT2D eigenvalue weighted by atomic mass is 10.2. The number of carbonyl (C=O) groups excluding carboxylic acids is 1. The fourth-order valence-corrected chi connectivity index (χ4v) is 2.99. The molecule has 7 heteroatoms. The van der Waals surface area contributed by atoms with Crippen LogP contribution in [0.5, 0.6) is 0 Å². The molecule has 1 N–H and O–H groups in total. The predicted molar refractivity (Wildman–Crippen MR) is 100 cm³/mol. The summed E-state index contributed by atoms with van der Waals surface area (Å²) >= 11 is 4.58. The van der Waals surface area contributed by atoms with E-state index in [1.807, 2.05) is 24.3 Å². The molecule has 4 nitrogen and oxygen atoms in total. The number of benzene rings is 2. The molecule has 0 aliphatic carbocycles. The Balaban J connectivity index is 1.57. The molecule has 0 aliphatic rings. The molecule has 128 valence electrons. The molecule has 0 bridgehead atoms. The minimum absolute atomic E-state index is 0.150. The van der Waals surface area contributed by atoms with Gasteiger partial charge in [0.1, 0.15) is 5.82 Å². The van der Waals surface area contributed by atoms with Crippen molar-refractivity contribution in [2.75, 3.05) is 11.1 Å². The fourth-order valence-electron chi connectivity index (χ4n) is 2.12. The van der Waals surface area contributed by atoms with Crippen molar-refractivity contribution in [3.63, 3.8) is 0 Å². The molecule has 0 spiro atoms. The highest BCUT2D eigenvalue weighted by molar-refractivity contribution is 9.10. The van der Waals surface area contributed by atoms with E-state index in [4.69, 9.17) is 4.42 Å². The number of aromatic nitrogens is 1. The van der Waals surface area contributed by atoms with Gasteiger partial charge >= 0.3 is 0 Å². The van der Waals surface area contributed by atoms with Crippen LogP contribution in [0.1, 0.15) is 5.56 Å². The summed E-state index contributed by atoms with van der Waals surface area (Å²) < 4.78 is 19.9. The highest BCUT2D eigenvalue weighted by Gasteiger charge is 2.10. The van der Waals surface area contributed by atoms with Crippen molar-refractivity contribution >= 4 is 39.3 Å². The Bertz CT molecular complexity index is 896. The van der Waals surface area contributed by atoms with Gasteiger partial charge in [0.2, 0.25) is 5.91 Å². The molecule has 0 atom stereocenters. The number of thioether (sulfide) groups is 1. The molecule has 25 heavy (non-hydrogen) atoms. The Hall–Kier alpha value is -2.12. The zero-order valence-corrected chi connectivity index (χ0v) is 15.7. The van der Waals surface area contributed by atoms with Gasteiger partial charge in [-0.2, -0.15) is 0 Å². The molecular formula is C18H14BrFN2O2S. The lowest BCUT2D eigenvalue weighted by molar-refractivity contribution is -0.113. The third-order valence-corrected chi connectivity index (χ3v) is 4.75. The minimum atomic E-state index is -0.298. The second kappa shape index (κ2) is 7.84. The van der Waals surface area contributed by atoms with E-state index < -0.39 is 0 Å². The lowest BCUT2D eigenvalue weighted by Gasteiger charge is -2.05. The standard InChI is InChI=1S/C18H14BrFN2O2S/c1-11-8-14(6-7-15(11)20)22-17(23)10-25-18-21-9-16(24-18)12-2-4-13(19)5-3-12/h2-9H,10H2,1H3,(H,22,23). The molecule has 3 aromatic rings. The van der Waals surface area contributed by atoms with Crippen molar-refractivity contribution in [2.24, 2.45) is 0 Å². The topological polar surface area (TPSA) is 55.1 Å². The van der Waals surface area contributed by atoms with Gasteiger partial charge in [0, 0.05) is 15.7 Å². The first-order valence-electron chi connectivity index (χ1n) is 7.42. The molecule has 0 fully saturated rings. The average Bonchev–Trinajstić information content (AvgIpc) is 3.06. The van der Waals surface area contributed by atoms with Gasteiger partial charge in [-0.3, -0.25) is 4.79 Å². The maximum Gasteiger partial charge on any atom is 0.256 e. The van der Waals surface area contributed by atoms with Gasteiger partial charge in [0.25, 0.3) is 5.22 Å². The van der Waals surface area contributed by atoms with Gasteiger partial charge in [-0.1, -0.05) is 39.8 Å². The van der Waals surface area contributed by atoms with E-state index in [1.54, 1.807) is 19.2 Å².